The molecule has 0 unspecified atom stereocenters. The van der Waals surface area contributed by atoms with Gasteiger partial charge < -0.3 is 4.74 Å². The largest absolute Gasteiger partial charge is 0.439 e. The number of nitrogens with zero attached hydrogens (tertiary/aromatic N) is 4. The van der Waals surface area contributed by atoms with Gasteiger partial charge in [0.05, 0.1) is 16.3 Å². The van der Waals surface area contributed by atoms with Crippen molar-refractivity contribution in [3.05, 3.63) is 79.0 Å². The van der Waals surface area contributed by atoms with Crippen molar-refractivity contribution in [3.8, 4) is 23.0 Å². The highest BCUT2D eigenvalue weighted by Gasteiger charge is 2.19. The molecular weight excluding hydrogens is 414 g/mol. The van der Waals surface area contributed by atoms with Gasteiger partial charge in [-0.2, -0.15) is 10.1 Å². The van der Waals surface area contributed by atoms with Gasteiger partial charge >= 0.3 is 0 Å². The molecule has 0 saturated heterocycles. The van der Waals surface area contributed by atoms with E-state index in [1.807, 2.05) is 38.1 Å². The maximum atomic E-state index is 12.8. The summed E-state index contributed by atoms with van der Waals surface area (Å²) in [5.41, 5.74) is 1.20. The topological polar surface area (TPSA) is 99.0 Å². The molecule has 0 aliphatic carbocycles. The highest BCUT2D eigenvalue weighted by molar-refractivity contribution is 7.92. The number of benzene rings is 2. The number of hydrogen-bond donors (Lipinski definition) is 1. The second-order valence-corrected chi connectivity index (χ2v) is 8.69. The lowest BCUT2D eigenvalue weighted by Gasteiger charge is -2.13. The van der Waals surface area contributed by atoms with Gasteiger partial charge in [0.2, 0.25) is 11.8 Å². The van der Waals surface area contributed by atoms with Crippen molar-refractivity contribution in [2.45, 2.75) is 24.8 Å². The van der Waals surface area contributed by atoms with Crippen LogP contribution in [0.4, 0.5) is 5.95 Å². The maximum absolute atomic E-state index is 12.8. The SMILES string of the molecule is CC(C)n1nccc1-c1cc(Oc2ccccc2)nc(NS(=O)(=O)c2ccccc2)n1. The summed E-state index contributed by atoms with van der Waals surface area (Å²) in [6.07, 6.45) is 1.67. The van der Waals surface area contributed by atoms with Gasteiger partial charge in [0.15, 0.2) is 0 Å². The van der Waals surface area contributed by atoms with Crippen LogP contribution < -0.4 is 9.46 Å². The fraction of sp³-hybridized carbons (Fsp3) is 0.136. The quantitative estimate of drug-likeness (QED) is 0.458. The number of ether oxygens (including phenoxy) is 1. The average molecular weight is 436 g/mol. The Bertz CT molecular complexity index is 1270. The molecular formula is C22H21N5O3S. The monoisotopic (exact) mass is 435 g/mol. The second kappa shape index (κ2) is 8.57. The van der Waals surface area contributed by atoms with Crippen LogP contribution in [0.15, 0.2) is 83.9 Å². The summed E-state index contributed by atoms with van der Waals surface area (Å²) in [6.45, 7) is 4.00. The van der Waals surface area contributed by atoms with Crippen molar-refractivity contribution >= 4 is 16.0 Å². The van der Waals surface area contributed by atoms with Crippen molar-refractivity contribution in [1.29, 1.82) is 0 Å². The fourth-order valence-corrected chi connectivity index (χ4v) is 3.94. The number of nitrogens with one attached hydrogen (secondary N) is 1. The molecule has 1 N–H and O–H groups in total. The van der Waals surface area contributed by atoms with Gasteiger partial charge in [-0.05, 0) is 44.2 Å². The van der Waals surface area contributed by atoms with Crippen LogP contribution in [0.2, 0.25) is 0 Å². The molecule has 0 aliphatic heterocycles. The molecule has 0 amide bonds. The van der Waals surface area contributed by atoms with Gasteiger partial charge in [-0.1, -0.05) is 36.4 Å². The Kier molecular flexibility index (Phi) is 5.68. The van der Waals surface area contributed by atoms with Crippen LogP contribution in [0.5, 0.6) is 11.6 Å². The van der Waals surface area contributed by atoms with E-state index in [1.165, 1.54) is 12.1 Å². The molecule has 31 heavy (non-hydrogen) atoms. The highest BCUT2D eigenvalue weighted by atomic mass is 32.2. The summed E-state index contributed by atoms with van der Waals surface area (Å²) >= 11 is 0. The Hall–Kier alpha value is -3.72. The Morgan fingerprint density at radius 1 is 0.935 bits per heavy atom. The third kappa shape index (κ3) is 4.72. The molecule has 4 rings (SSSR count). The van der Waals surface area contributed by atoms with Gasteiger partial charge in [-0.3, -0.25) is 4.68 Å². The molecule has 8 nitrogen and oxygen atoms in total. The predicted molar refractivity (Wildman–Crippen MR) is 117 cm³/mol. The summed E-state index contributed by atoms with van der Waals surface area (Å²) in [5, 5.41) is 4.33. The minimum absolute atomic E-state index is 0.0860. The van der Waals surface area contributed by atoms with Crippen LogP contribution in [0.25, 0.3) is 11.4 Å². The minimum Gasteiger partial charge on any atom is -0.439 e. The fourth-order valence-electron chi connectivity index (χ4n) is 2.97. The average Bonchev–Trinajstić information content (AvgIpc) is 3.25. The van der Waals surface area contributed by atoms with E-state index in [-0.39, 0.29) is 22.8 Å². The zero-order valence-electron chi connectivity index (χ0n) is 17.0. The first-order valence-electron chi connectivity index (χ1n) is 9.66. The number of aromatic nitrogens is 4. The summed E-state index contributed by atoms with van der Waals surface area (Å²) in [5.74, 6) is 0.684. The van der Waals surface area contributed by atoms with Crippen LogP contribution in [-0.4, -0.2) is 28.2 Å². The lowest BCUT2D eigenvalue weighted by atomic mass is 10.2. The zero-order chi connectivity index (χ0) is 21.8. The predicted octanol–water partition coefficient (Wildman–Crippen LogP) is 4.51. The summed E-state index contributed by atoms with van der Waals surface area (Å²) in [6, 6.07) is 20.7. The van der Waals surface area contributed by atoms with Crippen molar-refractivity contribution in [1.82, 2.24) is 19.7 Å². The highest BCUT2D eigenvalue weighted by Crippen LogP contribution is 2.28. The smallest absolute Gasteiger partial charge is 0.264 e. The molecule has 158 valence electrons. The molecule has 0 atom stereocenters. The lowest BCUT2D eigenvalue weighted by molar-refractivity contribution is 0.462. The molecule has 0 spiro atoms. The maximum Gasteiger partial charge on any atom is 0.264 e. The van der Waals surface area contributed by atoms with Crippen LogP contribution >= 0.6 is 0 Å². The number of para-hydroxylation sites is 1. The molecule has 2 aromatic carbocycles. The molecule has 0 fully saturated rings. The van der Waals surface area contributed by atoms with E-state index in [0.717, 1.165) is 5.69 Å². The van der Waals surface area contributed by atoms with E-state index in [4.69, 9.17) is 4.74 Å². The van der Waals surface area contributed by atoms with E-state index in [2.05, 4.69) is 19.8 Å². The first kappa shape index (κ1) is 20.5. The van der Waals surface area contributed by atoms with E-state index < -0.39 is 10.0 Å². The molecule has 0 radical (unpaired) electrons. The van der Waals surface area contributed by atoms with Crippen molar-refractivity contribution in [2.24, 2.45) is 0 Å². The van der Waals surface area contributed by atoms with Crippen LogP contribution in [0, 0.1) is 0 Å². The van der Waals surface area contributed by atoms with Gasteiger partial charge in [0, 0.05) is 18.3 Å². The molecule has 0 saturated carbocycles. The Morgan fingerprint density at radius 2 is 1.61 bits per heavy atom. The van der Waals surface area contributed by atoms with Gasteiger partial charge in [0.25, 0.3) is 10.0 Å². The molecule has 4 aromatic rings. The van der Waals surface area contributed by atoms with Gasteiger partial charge in [-0.15, -0.1) is 0 Å². The van der Waals surface area contributed by atoms with Crippen molar-refractivity contribution < 1.29 is 13.2 Å². The van der Waals surface area contributed by atoms with Crippen molar-refractivity contribution in [3.63, 3.8) is 0 Å². The Morgan fingerprint density at radius 3 is 2.29 bits per heavy atom. The molecule has 2 aromatic heterocycles. The summed E-state index contributed by atoms with van der Waals surface area (Å²) in [7, 11) is -3.87. The summed E-state index contributed by atoms with van der Waals surface area (Å²) < 4.78 is 35.7. The number of sulfonamides is 1. The number of rotatable bonds is 7. The normalized spacial score (nSPS) is 11.5. The van der Waals surface area contributed by atoms with Gasteiger partial charge in [0.1, 0.15) is 5.75 Å². The van der Waals surface area contributed by atoms with Crippen LogP contribution in [0.1, 0.15) is 19.9 Å². The molecule has 0 aliphatic rings. The first-order valence-corrected chi connectivity index (χ1v) is 11.1. The van der Waals surface area contributed by atoms with E-state index in [1.54, 1.807) is 47.3 Å². The van der Waals surface area contributed by atoms with Gasteiger partial charge in [-0.25, -0.2) is 18.1 Å². The summed E-state index contributed by atoms with van der Waals surface area (Å²) in [4.78, 5) is 8.81. The minimum atomic E-state index is -3.87. The number of anilines is 1. The zero-order valence-corrected chi connectivity index (χ0v) is 17.8. The standard InChI is InChI=1S/C22H21N5O3S/c1-16(2)27-20(13-14-23-27)19-15-21(30-17-9-5-3-6-10-17)25-22(24-19)26-31(28,29)18-11-7-4-8-12-18/h3-16H,1-2H3,(H,24,25,26). The number of hydrogen-bond acceptors (Lipinski definition) is 6. The van der Waals surface area contributed by atoms with Crippen LogP contribution in [-0.2, 0) is 10.0 Å². The molecule has 2 heterocycles. The third-order valence-electron chi connectivity index (χ3n) is 4.37. The van der Waals surface area contributed by atoms with Crippen molar-refractivity contribution in [2.75, 3.05) is 4.72 Å². The van der Waals surface area contributed by atoms with E-state index in [0.29, 0.717) is 11.4 Å². The Labute approximate surface area is 180 Å². The van der Waals surface area contributed by atoms with E-state index >= 15 is 0 Å². The third-order valence-corrected chi connectivity index (χ3v) is 5.71. The van der Waals surface area contributed by atoms with E-state index in [9.17, 15) is 8.42 Å². The second-order valence-electron chi connectivity index (χ2n) is 7.00. The lowest BCUT2D eigenvalue weighted by Crippen LogP contribution is -2.16. The first-order chi connectivity index (χ1) is 14.9. The van der Waals surface area contributed by atoms with Crippen LogP contribution in [0.3, 0.4) is 0 Å². The Balaban J connectivity index is 1.77. The molecule has 0 bridgehead atoms. The molecule has 9 heteroatoms.